The highest BCUT2D eigenvalue weighted by Gasteiger charge is 2.60. The zero-order valence-corrected chi connectivity index (χ0v) is 26.6. The molecule has 6 saturated carbocycles. The molecule has 0 bridgehead atoms. The molecule has 0 nitrogen and oxygen atoms in total. The van der Waals surface area contributed by atoms with Crippen molar-refractivity contribution in [3.8, 4) is 0 Å². The predicted octanol–water partition coefficient (Wildman–Crippen LogP) is 11.6. The summed E-state index contributed by atoms with van der Waals surface area (Å²) in [6.07, 6.45) is 44.5. The maximum Gasteiger partial charge on any atom is 0.0809 e. The van der Waals surface area contributed by atoms with E-state index in [1.807, 2.05) is 5.57 Å². The molecule has 6 aliphatic carbocycles. The second kappa shape index (κ2) is 12.6. The van der Waals surface area contributed by atoms with Gasteiger partial charge in [-0.2, -0.15) is 0 Å². The highest BCUT2D eigenvalue weighted by atomic mass is 31.2. The third-order valence-corrected chi connectivity index (χ3v) is 26.4. The molecule has 6 aliphatic rings. The zero-order chi connectivity index (χ0) is 25.1. The Balaban J connectivity index is 1.31. The molecule has 0 aromatic heterocycles. The molecule has 6 rings (SSSR count). The normalized spacial score (nSPS) is 29.1. The van der Waals surface area contributed by atoms with Crippen LogP contribution in [0.1, 0.15) is 161 Å². The summed E-state index contributed by atoms with van der Waals surface area (Å²) >= 11 is 0. The molecule has 0 N–H and O–H groups in total. The van der Waals surface area contributed by atoms with Crippen LogP contribution in [0.25, 0.3) is 0 Å². The fourth-order valence-electron chi connectivity index (χ4n) is 11.7. The topological polar surface area (TPSA) is 0 Å². The van der Waals surface area contributed by atoms with Crippen LogP contribution in [-0.2, 0) is 0 Å². The Bertz CT molecular complexity index is 652. The van der Waals surface area contributed by atoms with Crippen LogP contribution >= 0.6 is 14.5 Å². The van der Waals surface area contributed by atoms with E-state index in [1.54, 1.807) is 166 Å². The van der Waals surface area contributed by atoms with Gasteiger partial charge < -0.3 is 0 Å². The summed E-state index contributed by atoms with van der Waals surface area (Å²) in [7, 11) is -1.81. The quantitative estimate of drug-likeness (QED) is 0.189. The maximum atomic E-state index is 3.02. The molecule has 210 valence electrons. The fourth-order valence-corrected chi connectivity index (χ4v) is 26.6. The van der Waals surface area contributed by atoms with Gasteiger partial charge in [-0.15, -0.1) is 0 Å². The van der Waals surface area contributed by atoms with Crippen molar-refractivity contribution < 1.29 is 0 Å². The Labute approximate surface area is 233 Å². The van der Waals surface area contributed by atoms with E-state index >= 15 is 0 Å². The SMILES string of the molecule is CC(=CC[P+](C1CCCC1)(C1CCCC1)C1CCCC1)C[P+](C1CCCC1)(C1CCCC1)C1CCCC1. The third kappa shape index (κ3) is 5.46. The lowest BCUT2D eigenvalue weighted by Crippen LogP contribution is -2.32. The van der Waals surface area contributed by atoms with Crippen molar-refractivity contribution >= 4 is 14.5 Å². The zero-order valence-electron chi connectivity index (χ0n) is 24.8. The molecular weight excluding hydrogens is 482 g/mol. The van der Waals surface area contributed by atoms with Crippen molar-refractivity contribution in [2.45, 2.75) is 195 Å². The van der Waals surface area contributed by atoms with Crippen LogP contribution < -0.4 is 0 Å². The van der Waals surface area contributed by atoms with Gasteiger partial charge in [-0.1, -0.05) is 0 Å². The Morgan fingerprint density at radius 2 is 0.676 bits per heavy atom. The predicted molar refractivity (Wildman–Crippen MR) is 171 cm³/mol. The molecule has 0 amide bonds. The summed E-state index contributed by atoms with van der Waals surface area (Å²) in [6, 6.07) is 0. The van der Waals surface area contributed by atoms with Gasteiger partial charge in [0.1, 0.15) is 0 Å². The van der Waals surface area contributed by atoms with Gasteiger partial charge >= 0.3 is 0 Å². The molecule has 0 aromatic rings. The van der Waals surface area contributed by atoms with Crippen LogP contribution in [0.3, 0.4) is 0 Å². The molecule has 6 fully saturated rings. The molecule has 0 aromatic carbocycles. The molecular formula is C35H62P2+2. The van der Waals surface area contributed by atoms with Gasteiger partial charge in [0.05, 0.1) is 46.3 Å². The Morgan fingerprint density at radius 3 is 0.946 bits per heavy atom. The molecule has 37 heavy (non-hydrogen) atoms. The fraction of sp³-hybridized carbons (Fsp3) is 0.943. The van der Waals surface area contributed by atoms with Crippen LogP contribution in [0.2, 0.25) is 0 Å². The van der Waals surface area contributed by atoms with Crippen LogP contribution in [-0.4, -0.2) is 46.3 Å². The molecule has 0 atom stereocenters. The molecule has 0 radical (unpaired) electrons. The van der Waals surface area contributed by atoms with E-state index < -0.39 is 14.5 Å². The lowest BCUT2D eigenvalue weighted by Gasteiger charge is -2.43. The average Bonchev–Trinajstić information content (AvgIpc) is 3.79. The van der Waals surface area contributed by atoms with Gasteiger partial charge in [0.15, 0.2) is 0 Å². The van der Waals surface area contributed by atoms with Crippen molar-refractivity contribution in [2.75, 3.05) is 12.3 Å². The van der Waals surface area contributed by atoms with Gasteiger partial charge in [-0.3, -0.25) is 0 Å². The van der Waals surface area contributed by atoms with Gasteiger partial charge in [0.2, 0.25) is 0 Å². The van der Waals surface area contributed by atoms with Gasteiger partial charge in [0, 0.05) is 14.5 Å². The third-order valence-electron chi connectivity index (χ3n) is 13.3. The summed E-state index contributed by atoms with van der Waals surface area (Å²) in [5, 5.41) is 0. The molecule has 2 heteroatoms. The van der Waals surface area contributed by atoms with Crippen molar-refractivity contribution in [1.29, 1.82) is 0 Å². The summed E-state index contributed by atoms with van der Waals surface area (Å²) in [6.45, 7) is 2.68. The first-order valence-electron chi connectivity index (χ1n) is 17.6. The van der Waals surface area contributed by atoms with Crippen molar-refractivity contribution in [2.24, 2.45) is 0 Å². The number of hydrogen-bond donors (Lipinski definition) is 0. The van der Waals surface area contributed by atoms with E-state index in [1.165, 1.54) is 34.0 Å². The summed E-state index contributed by atoms with van der Waals surface area (Å²) in [5.74, 6) is 0. The Hall–Kier alpha value is 0.600. The number of allylic oxidation sites excluding steroid dienone is 2. The minimum Gasteiger partial charge on any atom is -0.0494 e. The second-order valence-electron chi connectivity index (χ2n) is 15.0. The Morgan fingerprint density at radius 1 is 0.432 bits per heavy atom. The first-order valence-corrected chi connectivity index (χ1v) is 22.0. The highest BCUT2D eigenvalue weighted by Crippen LogP contribution is 2.80. The summed E-state index contributed by atoms with van der Waals surface area (Å²) < 4.78 is 0. The van der Waals surface area contributed by atoms with E-state index in [0.29, 0.717) is 0 Å². The molecule has 0 saturated heterocycles. The van der Waals surface area contributed by atoms with Crippen molar-refractivity contribution in [1.82, 2.24) is 0 Å². The van der Waals surface area contributed by atoms with E-state index in [-0.39, 0.29) is 0 Å². The first kappa shape index (κ1) is 27.8. The van der Waals surface area contributed by atoms with Crippen LogP contribution in [0.4, 0.5) is 0 Å². The largest absolute Gasteiger partial charge is 0.0809 e. The smallest absolute Gasteiger partial charge is 0.0494 e. The van der Waals surface area contributed by atoms with E-state index in [2.05, 4.69) is 13.0 Å². The highest BCUT2D eigenvalue weighted by molar-refractivity contribution is 7.78. The molecule has 0 spiro atoms. The van der Waals surface area contributed by atoms with E-state index in [4.69, 9.17) is 0 Å². The number of hydrogen-bond acceptors (Lipinski definition) is 0. The molecule has 0 unspecified atom stereocenters. The average molecular weight is 545 g/mol. The molecule has 0 aliphatic heterocycles. The maximum absolute atomic E-state index is 3.02. The summed E-state index contributed by atoms with van der Waals surface area (Å²) in [4.78, 5) is 0. The van der Waals surface area contributed by atoms with Gasteiger partial charge in [0.25, 0.3) is 0 Å². The van der Waals surface area contributed by atoms with Gasteiger partial charge in [-0.05, 0) is 173 Å². The minimum atomic E-state index is -0.909. The lowest BCUT2D eigenvalue weighted by atomic mass is 10.3. The second-order valence-corrected chi connectivity index (χ2v) is 24.1. The van der Waals surface area contributed by atoms with E-state index in [9.17, 15) is 0 Å². The standard InChI is InChI=1S/C35H62P2/c1-29(28-37(33-20-8-9-21-33,34-22-10-11-23-34)35-24-12-13-25-35)26-27-36(30-14-2-3-15-30,31-16-4-5-17-31)32-18-6-7-19-32/h26,30-35H,2-25,27-28H2,1H3/q+2. The van der Waals surface area contributed by atoms with Crippen LogP contribution in [0, 0.1) is 0 Å². The van der Waals surface area contributed by atoms with Crippen molar-refractivity contribution in [3.05, 3.63) is 11.6 Å². The van der Waals surface area contributed by atoms with Crippen LogP contribution in [0.15, 0.2) is 11.6 Å². The number of rotatable bonds is 10. The molecule has 0 heterocycles. The van der Waals surface area contributed by atoms with E-state index in [0.717, 1.165) is 0 Å². The summed E-state index contributed by atoms with van der Waals surface area (Å²) in [5.41, 5.74) is 8.94. The monoisotopic (exact) mass is 544 g/mol. The first-order chi connectivity index (χ1) is 18.2. The van der Waals surface area contributed by atoms with Crippen molar-refractivity contribution in [3.63, 3.8) is 0 Å². The van der Waals surface area contributed by atoms with Gasteiger partial charge in [-0.25, -0.2) is 0 Å². The lowest BCUT2D eigenvalue weighted by molar-refractivity contribution is 0.748. The minimum absolute atomic E-state index is 0.898. The van der Waals surface area contributed by atoms with Crippen LogP contribution in [0.5, 0.6) is 0 Å². The Kier molecular flexibility index (Phi) is 9.47.